The van der Waals surface area contributed by atoms with Gasteiger partial charge in [-0.05, 0) is 12.3 Å². The number of carbonyl (C=O) groups excluding carboxylic acids is 2. The van der Waals surface area contributed by atoms with E-state index in [2.05, 4.69) is 4.99 Å². The lowest BCUT2D eigenvalue weighted by atomic mass is 9.89. The average molecular weight is 193 g/mol. The number of nitrogens with zero attached hydrogens (tertiary/aromatic N) is 1. The Morgan fingerprint density at radius 3 is 2.86 bits per heavy atom. The number of esters is 1. The molecule has 0 saturated heterocycles. The number of methoxy groups -OCH3 is 1. The second kappa shape index (κ2) is 3.39. The molecule has 74 valence electrons. The normalized spacial score (nSPS) is 38.1. The van der Waals surface area contributed by atoms with E-state index in [1.54, 1.807) is 0 Å². The van der Waals surface area contributed by atoms with Gasteiger partial charge in [-0.2, -0.15) is 0 Å². The molecular weight excluding hydrogens is 182 g/mol. The molecule has 0 heterocycles. The lowest BCUT2D eigenvalue weighted by Gasteiger charge is -2.20. The fourth-order valence-electron chi connectivity index (χ4n) is 2.48. The van der Waals surface area contributed by atoms with Crippen molar-refractivity contribution in [1.82, 2.24) is 0 Å². The summed E-state index contributed by atoms with van der Waals surface area (Å²) in [5.41, 5.74) is 0. The molecule has 1 saturated carbocycles. The van der Waals surface area contributed by atoms with Gasteiger partial charge in [0.25, 0.3) is 0 Å². The molecule has 0 aromatic heterocycles. The van der Waals surface area contributed by atoms with Crippen LogP contribution in [0.15, 0.2) is 17.1 Å². The molecule has 2 bridgehead atoms. The quantitative estimate of drug-likeness (QED) is 0.280. The van der Waals surface area contributed by atoms with E-state index in [4.69, 9.17) is 4.74 Å². The van der Waals surface area contributed by atoms with Crippen molar-refractivity contribution in [2.45, 2.75) is 12.5 Å². The first-order valence-electron chi connectivity index (χ1n) is 4.61. The van der Waals surface area contributed by atoms with Crippen LogP contribution in [0.4, 0.5) is 0 Å². The Morgan fingerprint density at radius 1 is 1.50 bits per heavy atom. The van der Waals surface area contributed by atoms with Crippen molar-refractivity contribution in [2.75, 3.05) is 7.11 Å². The van der Waals surface area contributed by atoms with Crippen LogP contribution < -0.4 is 0 Å². The second-order valence-corrected chi connectivity index (χ2v) is 3.71. The third-order valence-corrected chi connectivity index (χ3v) is 3.09. The summed E-state index contributed by atoms with van der Waals surface area (Å²) >= 11 is 0. The van der Waals surface area contributed by atoms with Crippen LogP contribution in [0.2, 0.25) is 0 Å². The molecule has 0 aromatic carbocycles. The Morgan fingerprint density at radius 2 is 2.21 bits per heavy atom. The van der Waals surface area contributed by atoms with Crippen LogP contribution in [-0.2, 0) is 14.3 Å². The highest BCUT2D eigenvalue weighted by Crippen LogP contribution is 2.45. The number of aliphatic imine (C=N–C) groups is 1. The second-order valence-electron chi connectivity index (χ2n) is 3.71. The molecule has 0 aliphatic heterocycles. The summed E-state index contributed by atoms with van der Waals surface area (Å²) in [5.74, 6) is -0.151. The number of hydrogen-bond acceptors (Lipinski definition) is 4. The number of hydrogen-bond donors (Lipinski definition) is 0. The van der Waals surface area contributed by atoms with E-state index in [1.807, 2.05) is 12.2 Å². The Hall–Kier alpha value is -1.41. The maximum atomic E-state index is 11.4. The largest absolute Gasteiger partial charge is 0.469 e. The van der Waals surface area contributed by atoms with E-state index < -0.39 is 0 Å². The first-order chi connectivity index (χ1) is 6.77. The first-order valence-corrected chi connectivity index (χ1v) is 4.61. The van der Waals surface area contributed by atoms with Crippen LogP contribution in [0.1, 0.15) is 6.42 Å². The zero-order valence-electron chi connectivity index (χ0n) is 7.84. The zero-order chi connectivity index (χ0) is 10.1. The highest BCUT2D eigenvalue weighted by molar-refractivity contribution is 5.75. The van der Waals surface area contributed by atoms with Crippen molar-refractivity contribution < 1.29 is 14.3 Å². The van der Waals surface area contributed by atoms with Crippen molar-refractivity contribution in [3.63, 3.8) is 0 Å². The summed E-state index contributed by atoms with van der Waals surface area (Å²) in [7, 11) is 1.36. The minimum absolute atomic E-state index is 0.189. The smallest absolute Gasteiger partial charge is 0.311 e. The fraction of sp³-hybridized carbons (Fsp3) is 0.600. The molecule has 14 heavy (non-hydrogen) atoms. The molecule has 0 N–H and O–H groups in total. The average Bonchev–Trinajstić information content (AvgIpc) is 2.77. The van der Waals surface area contributed by atoms with Gasteiger partial charge in [0.1, 0.15) is 0 Å². The van der Waals surface area contributed by atoms with Crippen LogP contribution in [0, 0.1) is 17.8 Å². The van der Waals surface area contributed by atoms with Crippen molar-refractivity contribution in [3.05, 3.63) is 12.2 Å². The molecule has 4 nitrogen and oxygen atoms in total. The minimum atomic E-state index is -0.281. The molecule has 0 unspecified atom stereocenters. The summed E-state index contributed by atoms with van der Waals surface area (Å²) < 4.78 is 4.70. The van der Waals surface area contributed by atoms with Crippen LogP contribution in [-0.4, -0.2) is 25.2 Å². The molecule has 2 aliphatic rings. The van der Waals surface area contributed by atoms with Gasteiger partial charge in [-0.3, -0.25) is 4.79 Å². The summed E-state index contributed by atoms with van der Waals surface area (Å²) in [6, 6.07) is -0.255. The Bertz CT molecular complexity index is 330. The van der Waals surface area contributed by atoms with Gasteiger partial charge in [-0.15, -0.1) is 0 Å². The van der Waals surface area contributed by atoms with Gasteiger partial charge < -0.3 is 4.74 Å². The standard InChI is InChI=1S/C10H11NO3/c1-14-10(13)8-6-2-3-7(4-6)9(8)11-5-12/h2-3,6-9H,4H2,1H3/t6-,7+,8+,9-/m1/s1. The predicted molar refractivity (Wildman–Crippen MR) is 48.2 cm³/mol. The van der Waals surface area contributed by atoms with Crippen molar-refractivity contribution in [1.29, 1.82) is 0 Å². The number of isocyanates is 1. The Kier molecular flexibility index (Phi) is 2.22. The topological polar surface area (TPSA) is 55.7 Å². The predicted octanol–water partition coefficient (Wildman–Crippen LogP) is 0.686. The summed E-state index contributed by atoms with van der Waals surface area (Å²) in [5, 5.41) is 0. The van der Waals surface area contributed by atoms with Gasteiger partial charge in [0, 0.05) is 5.92 Å². The monoisotopic (exact) mass is 193 g/mol. The van der Waals surface area contributed by atoms with Crippen molar-refractivity contribution in [3.8, 4) is 0 Å². The lowest BCUT2D eigenvalue weighted by molar-refractivity contribution is -0.146. The number of ether oxygens (including phenoxy) is 1. The number of rotatable bonds is 2. The highest BCUT2D eigenvalue weighted by atomic mass is 16.5. The van der Waals surface area contributed by atoms with E-state index in [-0.39, 0.29) is 29.8 Å². The number of fused-ring (bicyclic) bond motifs is 2. The van der Waals surface area contributed by atoms with E-state index in [1.165, 1.54) is 13.2 Å². The molecular formula is C10H11NO3. The van der Waals surface area contributed by atoms with Gasteiger partial charge in [0.05, 0.1) is 19.1 Å². The maximum absolute atomic E-state index is 11.4. The van der Waals surface area contributed by atoms with Crippen LogP contribution >= 0.6 is 0 Å². The molecule has 0 amide bonds. The van der Waals surface area contributed by atoms with Gasteiger partial charge >= 0.3 is 5.97 Å². The zero-order valence-corrected chi connectivity index (χ0v) is 7.84. The number of allylic oxidation sites excluding steroid dienone is 1. The Labute approximate surface area is 81.7 Å². The maximum Gasteiger partial charge on any atom is 0.311 e. The molecule has 0 radical (unpaired) electrons. The SMILES string of the molecule is COC(=O)[C@@H]1[C@H](N=C=O)[C@H]2C=C[C@@H]1C2. The summed E-state index contributed by atoms with van der Waals surface area (Å²) in [6.45, 7) is 0. The Balaban J connectivity index is 2.26. The minimum Gasteiger partial charge on any atom is -0.469 e. The van der Waals surface area contributed by atoms with Crippen LogP contribution in [0.3, 0.4) is 0 Å². The van der Waals surface area contributed by atoms with E-state index in [9.17, 15) is 9.59 Å². The lowest BCUT2D eigenvalue weighted by Crippen LogP contribution is -2.31. The molecule has 4 heteroatoms. The summed E-state index contributed by atoms with van der Waals surface area (Å²) in [6.07, 6.45) is 6.48. The summed E-state index contributed by atoms with van der Waals surface area (Å²) in [4.78, 5) is 25.4. The van der Waals surface area contributed by atoms with Crippen molar-refractivity contribution >= 4 is 12.0 Å². The van der Waals surface area contributed by atoms with Gasteiger partial charge in [-0.25, -0.2) is 9.79 Å². The van der Waals surface area contributed by atoms with E-state index in [0.717, 1.165) is 6.42 Å². The molecule has 1 fully saturated rings. The van der Waals surface area contributed by atoms with Gasteiger partial charge in [0.15, 0.2) is 0 Å². The third-order valence-electron chi connectivity index (χ3n) is 3.09. The van der Waals surface area contributed by atoms with Gasteiger partial charge in [0.2, 0.25) is 6.08 Å². The highest BCUT2D eigenvalue weighted by Gasteiger charge is 2.49. The van der Waals surface area contributed by atoms with Crippen LogP contribution in [0.25, 0.3) is 0 Å². The van der Waals surface area contributed by atoms with Crippen LogP contribution in [0.5, 0.6) is 0 Å². The van der Waals surface area contributed by atoms with E-state index in [0.29, 0.717) is 0 Å². The number of carbonyl (C=O) groups is 1. The molecule has 4 atom stereocenters. The molecule has 2 aliphatic carbocycles. The molecule has 2 rings (SSSR count). The first kappa shape index (κ1) is 9.16. The van der Waals surface area contributed by atoms with Crippen molar-refractivity contribution in [2.24, 2.45) is 22.7 Å². The third kappa shape index (κ3) is 1.19. The molecule has 0 aromatic rings. The molecule has 0 spiro atoms. The van der Waals surface area contributed by atoms with Gasteiger partial charge in [-0.1, -0.05) is 12.2 Å². The fourth-order valence-corrected chi connectivity index (χ4v) is 2.48. The van der Waals surface area contributed by atoms with E-state index >= 15 is 0 Å².